The van der Waals surface area contributed by atoms with Gasteiger partial charge in [-0.2, -0.15) is 0 Å². The molecule has 1 aliphatic heterocycles. The van der Waals surface area contributed by atoms with Crippen molar-refractivity contribution in [3.63, 3.8) is 0 Å². The predicted octanol–water partition coefficient (Wildman–Crippen LogP) is 2.16. The first kappa shape index (κ1) is 20.4. The number of benzene rings is 2. The molecule has 0 saturated heterocycles. The van der Waals surface area contributed by atoms with Crippen LogP contribution < -0.4 is 19.1 Å². The van der Waals surface area contributed by atoms with E-state index in [4.69, 9.17) is 9.47 Å². The summed E-state index contributed by atoms with van der Waals surface area (Å²) in [7, 11) is -3.83. The Morgan fingerprint density at radius 3 is 2.52 bits per heavy atom. The van der Waals surface area contributed by atoms with Crippen molar-refractivity contribution in [2.24, 2.45) is 0 Å². The van der Waals surface area contributed by atoms with Crippen LogP contribution in [0.4, 0.5) is 17.1 Å². The maximum Gasteiger partial charge on any atom is 0.271 e. The smallest absolute Gasteiger partial charge is 0.271 e. The summed E-state index contributed by atoms with van der Waals surface area (Å²) in [6.45, 7) is 2.15. The maximum absolute atomic E-state index is 12.7. The molecule has 1 heterocycles. The van der Waals surface area contributed by atoms with Crippen LogP contribution in [0.3, 0.4) is 0 Å². The van der Waals surface area contributed by atoms with Crippen molar-refractivity contribution < 1.29 is 27.6 Å². The average molecular weight is 421 g/mol. The lowest BCUT2D eigenvalue weighted by atomic mass is 10.2. The van der Waals surface area contributed by atoms with Gasteiger partial charge in [0.15, 0.2) is 11.5 Å². The summed E-state index contributed by atoms with van der Waals surface area (Å²) in [5, 5.41) is 13.4. The van der Waals surface area contributed by atoms with E-state index in [-0.39, 0.29) is 17.1 Å². The first-order valence-corrected chi connectivity index (χ1v) is 10.5. The number of nitro benzene ring substituents is 1. The van der Waals surface area contributed by atoms with E-state index in [1.807, 2.05) is 0 Å². The fourth-order valence-corrected chi connectivity index (χ4v) is 4.09. The predicted molar refractivity (Wildman–Crippen MR) is 106 cm³/mol. The number of nitro groups is 1. The van der Waals surface area contributed by atoms with Crippen LogP contribution in [0.2, 0.25) is 0 Å². The Bertz CT molecular complexity index is 1060. The van der Waals surface area contributed by atoms with Gasteiger partial charge in [-0.15, -0.1) is 0 Å². The molecule has 1 aliphatic rings. The molecule has 0 bridgehead atoms. The van der Waals surface area contributed by atoms with E-state index in [1.165, 1.54) is 43.3 Å². The standard InChI is InChI=1S/C18H19N3O7S/c1-12(18(22)19-13-4-3-5-15(10-13)21(23)24)20(29(2,25)26)14-6-7-16-17(11-14)28-9-8-27-16/h3-7,10-12H,8-9H2,1-2H3,(H,19,22)/t12-/m1/s1. The number of hydrogen-bond acceptors (Lipinski definition) is 7. The Kier molecular flexibility index (Phi) is 5.59. The monoisotopic (exact) mass is 421 g/mol. The first-order chi connectivity index (χ1) is 13.7. The van der Waals surface area contributed by atoms with Gasteiger partial charge in [-0.25, -0.2) is 8.42 Å². The van der Waals surface area contributed by atoms with Crippen molar-refractivity contribution in [3.05, 3.63) is 52.6 Å². The van der Waals surface area contributed by atoms with Crippen LogP contribution >= 0.6 is 0 Å². The molecule has 0 unspecified atom stereocenters. The number of carbonyl (C=O) groups excluding carboxylic acids is 1. The SMILES string of the molecule is C[C@H](C(=O)Nc1cccc([N+](=O)[O-])c1)N(c1ccc2c(c1)OCCO2)S(C)(=O)=O. The summed E-state index contributed by atoms with van der Waals surface area (Å²) in [6, 6.07) is 8.84. The molecular formula is C18H19N3O7S. The summed E-state index contributed by atoms with van der Waals surface area (Å²) in [5.41, 5.74) is 0.229. The number of anilines is 2. The lowest BCUT2D eigenvalue weighted by molar-refractivity contribution is -0.384. The van der Waals surface area contributed by atoms with Crippen molar-refractivity contribution in [1.29, 1.82) is 0 Å². The highest BCUT2D eigenvalue weighted by Gasteiger charge is 2.30. The van der Waals surface area contributed by atoms with Gasteiger partial charge in [0.25, 0.3) is 5.69 Å². The molecule has 0 aromatic heterocycles. The molecule has 11 heteroatoms. The maximum atomic E-state index is 12.7. The molecule has 29 heavy (non-hydrogen) atoms. The summed E-state index contributed by atoms with van der Waals surface area (Å²) in [4.78, 5) is 23.0. The van der Waals surface area contributed by atoms with E-state index >= 15 is 0 Å². The third-order valence-electron chi connectivity index (χ3n) is 4.19. The molecule has 0 aliphatic carbocycles. The molecule has 0 radical (unpaired) electrons. The zero-order chi connectivity index (χ0) is 21.2. The number of nitrogens with one attached hydrogen (secondary N) is 1. The third kappa shape index (κ3) is 4.57. The zero-order valence-corrected chi connectivity index (χ0v) is 16.5. The van der Waals surface area contributed by atoms with Crippen molar-refractivity contribution >= 4 is 33.0 Å². The van der Waals surface area contributed by atoms with E-state index in [0.717, 1.165) is 10.6 Å². The van der Waals surface area contributed by atoms with Crippen LogP contribution in [0.25, 0.3) is 0 Å². The van der Waals surface area contributed by atoms with Crippen LogP contribution in [-0.4, -0.2) is 44.8 Å². The molecule has 0 saturated carbocycles. The largest absolute Gasteiger partial charge is 0.486 e. The van der Waals surface area contributed by atoms with Gasteiger partial charge in [-0.1, -0.05) is 6.07 Å². The van der Waals surface area contributed by atoms with Gasteiger partial charge in [0, 0.05) is 23.9 Å². The fraction of sp³-hybridized carbons (Fsp3) is 0.278. The van der Waals surface area contributed by atoms with Gasteiger partial charge in [0.2, 0.25) is 15.9 Å². The number of fused-ring (bicyclic) bond motifs is 1. The summed E-state index contributed by atoms with van der Waals surface area (Å²) in [5.74, 6) is 0.224. The van der Waals surface area contributed by atoms with Crippen LogP contribution in [0.15, 0.2) is 42.5 Å². The number of sulfonamides is 1. The minimum Gasteiger partial charge on any atom is -0.486 e. The molecule has 10 nitrogen and oxygen atoms in total. The molecule has 1 amide bonds. The third-order valence-corrected chi connectivity index (χ3v) is 5.43. The second-order valence-electron chi connectivity index (χ2n) is 6.36. The van der Waals surface area contributed by atoms with Crippen molar-refractivity contribution in [2.45, 2.75) is 13.0 Å². The molecule has 0 fully saturated rings. The van der Waals surface area contributed by atoms with E-state index < -0.39 is 26.9 Å². The molecule has 2 aromatic rings. The van der Waals surface area contributed by atoms with Crippen LogP contribution in [-0.2, 0) is 14.8 Å². The number of rotatable bonds is 6. The van der Waals surface area contributed by atoms with E-state index in [2.05, 4.69) is 5.32 Å². The van der Waals surface area contributed by atoms with Gasteiger partial charge >= 0.3 is 0 Å². The van der Waals surface area contributed by atoms with Gasteiger partial charge < -0.3 is 14.8 Å². The Labute approximate surface area is 167 Å². The Morgan fingerprint density at radius 1 is 1.17 bits per heavy atom. The van der Waals surface area contributed by atoms with Gasteiger partial charge in [0.05, 0.1) is 16.9 Å². The molecule has 2 aromatic carbocycles. The van der Waals surface area contributed by atoms with Gasteiger partial charge in [-0.05, 0) is 25.1 Å². The van der Waals surface area contributed by atoms with E-state index in [1.54, 1.807) is 6.07 Å². The highest BCUT2D eigenvalue weighted by Crippen LogP contribution is 2.35. The lowest BCUT2D eigenvalue weighted by Gasteiger charge is -2.29. The zero-order valence-electron chi connectivity index (χ0n) is 15.7. The Balaban J connectivity index is 1.88. The van der Waals surface area contributed by atoms with Gasteiger partial charge in [-0.3, -0.25) is 19.2 Å². The number of carbonyl (C=O) groups is 1. The van der Waals surface area contributed by atoms with Crippen molar-refractivity contribution in [2.75, 3.05) is 29.1 Å². The number of hydrogen-bond donors (Lipinski definition) is 1. The van der Waals surface area contributed by atoms with Gasteiger partial charge in [0.1, 0.15) is 19.3 Å². The summed E-state index contributed by atoms with van der Waals surface area (Å²) in [6.07, 6.45) is 0.987. The normalized spacial score (nSPS) is 14.0. The minimum atomic E-state index is -3.83. The topological polar surface area (TPSA) is 128 Å². The van der Waals surface area contributed by atoms with E-state index in [0.29, 0.717) is 24.7 Å². The minimum absolute atomic E-state index is 0.187. The molecule has 1 atom stereocenters. The average Bonchev–Trinajstić information content (AvgIpc) is 2.67. The molecule has 0 spiro atoms. The van der Waals surface area contributed by atoms with Crippen molar-refractivity contribution in [3.8, 4) is 11.5 Å². The van der Waals surface area contributed by atoms with Crippen molar-refractivity contribution in [1.82, 2.24) is 0 Å². The Morgan fingerprint density at radius 2 is 1.86 bits per heavy atom. The second-order valence-corrected chi connectivity index (χ2v) is 8.22. The first-order valence-electron chi connectivity index (χ1n) is 8.61. The summed E-state index contributed by atoms with van der Waals surface area (Å²) < 4.78 is 36.7. The van der Waals surface area contributed by atoms with Crippen LogP contribution in [0.1, 0.15) is 6.92 Å². The quantitative estimate of drug-likeness (QED) is 0.559. The number of ether oxygens (including phenoxy) is 2. The number of nitrogens with zero attached hydrogens (tertiary/aromatic N) is 2. The van der Waals surface area contributed by atoms with Crippen LogP contribution in [0, 0.1) is 10.1 Å². The Hall–Kier alpha value is -3.34. The highest BCUT2D eigenvalue weighted by molar-refractivity contribution is 7.92. The fourth-order valence-electron chi connectivity index (χ4n) is 2.92. The summed E-state index contributed by atoms with van der Waals surface area (Å²) >= 11 is 0. The second kappa shape index (κ2) is 7.95. The van der Waals surface area contributed by atoms with Crippen LogP contribution in [0.5, 0.6) is 11.5 Å². The number of non-ortho nitro benzene ring substituents is 1. The number of amides is 1. The highest BCUT2D eigenvalue weighted by atomic mass is 32.2. The molecular weight excluding hydrogens is 402 g/mol. The molecule has 154 valence electrons. The lowest BCUT2D eigenvalue weighted by Crippen LogP contribution is -2.45. The van der Waals surface area contributed by atoms with E-state index in [9.17, 15) is 23.3 Å². The molecule has 1 N–H and O–H groups in total. The molecule has 3 rings (SSSR count).